The lowest BCUT2D eigenvalue weighted by atomic mass is 9.99. The first kappa shape index (κ1) is 27.1. The maximum Gasteiger partial charge on any atom is 0.229 e. The zero-order valence-electron chi connectivity index (χ0n) is 20.7. The molecule has 1 amide bonds. The molecular weight excluding hydrogens is 484 g/mol. The van der Waals surface area contributed by atoms with E-state index in [9.17, 15) is 25.2 Å². The Morgan fingerprint density at radius 1 is 1.05 bits per heavy atom. The Hall–Kier alpha value is -2.93. The Morgan fingerprint density at radius 3 is 2.46 bits per heavy atom. The van der Waals surface area contributed by atoms with Gasteiger partial charge in [-0.05, 0) is 37.3 Å². The van der Waals surface area contributed by atoms with E-state index >= 15 is 0 Å². The second-order valence-electron chi connectivity index (χ2n) is 8.86. The number of morpholine rings is 1. The summed E-state index contributed by atoms with van der Waals surface area (Å²) in [5.41, 5.74) is 2.16. The van der Waals surface area contributed by atoms with Crippen molar-refractivity contribution >= 4 is 17.3 Å². The van der Waals surface area contributed by atoms with Crippen molar-refractivity contribution in [3.63, 3.8) is 0 Å². The van der Waals surface area contributed by atoms with Crippen molar-refractivity contribution in [3.8, 4) is 11.5 Å². The molecule has 2 aromatic carbocycles. The summed E-state index contributed by atoms with van der Waals surface area (Å²) in [5.74, 6) is 0.178. The lowest BCUT2D eigenvalue weighted by molar-refractivity contribution is -0.277. The predicted octanol–water partition coefficient (Wildman–Crippen LogP) is 0.282. The van der Waals surface area contributed by atoms with Crippen molar-refractivity contribution in [2.24, 2.45) is 0 Å². The van der Waals surface area contributed by atoms with E-state index in [1.807, 2.05) is 24.3 Å². The molecule has 2 heterocycles. The second kappa shape index (κ2) is 12.5. The van der Waals surface area contributed by atoms with Gasteiger partial charge in [-0.3, -0.25) is 4.79 Å². The average Bonchev–Trinajstić information content (AvgIpc) is 2.91. The fourth-order valence-electron chi connectivity index (χ4n) is 4.34. The van der Waals surface area contributed by atoms with Crippen LogP contribution in [0.25, 0.3) is 0 Å². The van der Waals surface area contributed by atoms with Gasteiger partial charge < -0.3 is 49.6 Å². The molecule has 2 aromatic rings. The number of hydrogen-bond donors (Lipinski definition) is 5. The number of amides is 1. The van der Waals surface area contributed by atoms with Crippen LogP contribution in [0.4, 0.5) is 11.4 Å². The number of nitrogens with zero attached hydrogens (tertiary/aromatic N) is 1. The van der Waals surface area contributed by atoms with Gasteiger partial charge in [0.2, 0.25) is 12.2 Å². The van der Waals surface area contributed by atoms with Gasteiger partial charge in [0.25, 0.3) is 0 Å². The van der Waals surface area contributed by atoms with Crippen LogP contribution in [0.2, 0.25) is 0 Å². The number of carbonyl (C=O) groups excluding carboxylic acids is 1. The van der Waals surface area contributed by atoms with E-state index in [4.69, 9.17) is 18.9 Å². The summed E-state index contributed by atoms with van der Waals surface area (Å²) in [6, 6.07) is 12.6. The van der Waals surface area contributed by atoms with Crippen molar-refractivity contribution in [2.45, 2.75) is 44.1 Å². The highest BCUT2D eigenvalue weighted by molar-refractivity contribution is 5.93. The summed E-state index contributed by atoms with van der Waals surface area (Å²) in [4.78, 5) is 15.1. The van der Waals surface area contributed by atoms with Gasteiger partial charge in [0, 0.05) is 30.0 Å². The summed E-state index contributed by atoms with van der Waals surface area (Å²) in [6.07, 6.45) is -7.32. The Balaban J connectivity index is 1.47. The van der Waals surface area contributed by atoms with Crippen molar-refractivity contribution in [1.82, 2.24) is 0 Å². The maximum absolute atomic E-state index is 12.9. The number of carbonyl (C=O) groups is 1. The molecule has 202 valence electrons. The SMILES string of the molecule is CCOc1cccc(CC(=O)Nc2ccc(N3CCOCC3)cc2)c1OC1OC(CO)C(O)C(O)C1O. The van der Waals surface area contributed by atoms with Gasteiger partial charge in [-0.25, -0.2) is 0 Å². The number of para-hydroxylation sites is 1. The van der Waals surface area contributed by atoms with Crippen LogP contribution >= 0.6 is 0 Å². The van der Waals surface area contributed by atoms with Gasteiger partial charge in [-0.1, -0.05) is 12.1 Å². The molecule has 0 saturated carbocycles. The van der Waals surface area contributed by atoms with Crippen molar-refractivity contribution in [3.05, 3.63) is 48.0 Å². The monoisotopic (exact) mass is 518 g/mol. The second-order valence-corrected chi connectivity index (χ2v) is 8.86. The maximum atomic E-state index is 12.9. The zero-order chi connectivity index (χ0) is 26.4. The molecule has 0 radical (unpaired) electrons. The van der Waals surface area contributed by atoms with Gasteiger partial charge in [0.1, 0.15) is 24.4 Å². The summed E-state index contributed by atoms with van der Waals surface area (Å²) < 4.78 is 22.4. The third-order valence-electron chi connectivity index (χ3n) is 6.32. The molecule has 2 saturated heterocycles. The Kier molecular flexibility index (Phi) is 9.19. The zero-order valence-corrected chi connectivity index (χ0v) is 20.7. The van der Waals surface area contributed by atoms with Gasteiger partial charge in [0.05, 0.1) is 32.8 Å². The molecule has 11 nitrogen and oxygen atoms in total. The summed E-state index contributed by atoms with van der Waals surface area (Å²) >= 11 is 0. The molecule has 11 heteroatoms. The largest absolute Gasteiger partial charge is 0.490 e. The normalized spacial score (nSPS) is 26.0. The van der Waals surface area contributed by atoms with E-state index in [-0.39, 0.29) is 18.1 Å². The Morgan fingerprint density at radius 2 is 1.78 bits per heavy atom. The van der Waals surface area contributed by atoms with E-state index in [1.165, 1.54) is 0 Å². The molecule has 37 heavy (non-hydrogen) atoms. The minimum absolute atomic E-state index is 0.0706. The minimum atomic E-state index is -1.60. The standard InChI is InChI=1S/C26H34N2O9/c1-2-35-19-5-3-4-16(25(19)37-26-24(33)23(32)22(31)20(15-29)36-26)14-21(30)27-17-6-8-18(9-7-17)28-10-12-34-13-11-28/h3-9,20,22-24,26,29,31-33H,2,10-15H2,1H3,(H,27,30). The average molecular weight is 519 g/mol. The summed E-state index contributed by atoms with van der Waals surface area (Å²) in [5, 5.41) is 42.9. The number of nitrogens with one attached hydrogen (secondary N) is 1. The quantitative estimate of drug-likeness (QED) is 0.313. The molecule has 5 N–H and O–H groups in total. The Bertz CT molecular complexity index is 1030. The van der Waals surface area contributed by atoms with Crippen LogP contribution in [-0.2, 0) is 20.7 Å². The molecule has 0 bridgehead atoms. The highest BCUT2D eigenvalue weighted by atomic mass is 16.7. The molecule has 2 aliphatic heterocycles. The molecule has 5 atom stereocenters. The summed E-state index contributed by atoms with van der Waals surface area (Å²) in [6.45, 7) is 4.53. The minimum Gasteiger partial charge on any atom is -0.490 e. The van der Waals surface area contributed by atoms with Crippen LogP contribution in [0.1, 0.15) is 12.5 Å². The van der Waals surface area contributed by atoms with E-state index in [2.05, 4.69) is 10.2 Å². The van der Waals surface area contributed by atoms with Crippen LogP contribution in [0.3, 0.4) is 0 Å². The van der Waals surface area contributed by atoms with E-state index in [0.29, 0.717) is 36.8 Å². The molecule has 0 spiro atoms. The van der Waals surface area contributed by atoms with Crippen LogP contribution in [0.5, 0.6) is 11.5 Å². The summed E-state index contributed by atoms with van der Waals surface area (Å²) in [7, 11) is 0. The number of aliphatic hydroxyl groups excluding tert-OH is 4. The number of rotatable bonds is 9. The first-order valence-corrected chi connectivity index (χ1v) is 12.4. The van der Waals surface area contributed by atoms with Crippen LogP contribution in [0.15, 0.2) is 42.5 Å². The molecular formula is C26H34N2O9. The molecule has 0 aliphatic carbocycles. The van der Waals surface area contributed by atoms with Gasteiger partial charge in [0.15, 0.2) is 11.5 Å². The first-order chi connectivity index (χ1) is 17.9. The fourth-order valence-corrected chi connectivity index (χ4v) is 4.34. The fraction of sp³-hybridized carbons (Fsp3) is 0.500. The number of anilines is 2. The van der Waals surface area contributed by atoms with E-state index in [0.717, 1.165) is 18.8 Å². The van der Waals surface area contributed by atoms with Crippen molar-refractivity contribution in [1.29, 1.82) is 0 Å². The highest BCUT2D eigenvalue weighted by Gasteiger charge is 2.45. The van der Waals surface area contributed by atoms with Gasteiger partial charge in [-0.2, -0.15) is 0 Å². The van der Waals surface area contributed by atoms with Crippen LogP contribution in [0, 0.1) is 0 Å². The van der Waals surface area contributed by atoms with E-state index < -0.39 is 37.3 Å². The number of hydrogen-bond acceptors (Lipinski definition) is 10. The van der Waals surface area contributed by atoms with Crippen LogP contribution in [-0.4, -0.2) is 96.6 Å². The highest BCUT2D eigenvalue weighted by Crippen LogP contribution is 2.35. The molecule has 2 fully saturated rings. The molecule has 5 unspecified atom stereocenters. The third kappa shape index (κ3) is 6.50. The first-order valence-electron chi connectivity index (χ1n) is 12.4. The van der Waals surface area contributed by atoms with Gasteiger partial charge >= 0.3 is 0 Å². The van der Waals surface area contributed by atoms with Crippen LogP contribution < -0.4 is 19.7 Å². The number of benzene rings is 2. The molecule has 2 aliphatic rings. The lowest BCUT2D eigenvalue weighted by Gasteiger charge is -2.39. The predicted molar refractivity (Wildman–Crippen MR) is 134 cm³/mol. The third-order valence-corrected chi connectivity index (χ3v) is 6.32. The topological polar surface area (TPSA) is 150 Å². The number of ether oxygens (including phenoxy) is 4. The number of aliphatic hydroxyl groups is 4. The van der Waals surface area contributed by atoms with Crippen molar-refractivity contribution < 1.29 is 44.2 Å². The molecule has 0 aromatic heterocycles. The Labute approximate surface area is 215 Å². The smallest absolute Gasteiger partial charge is 0.229 e. The van der Waals surface area contributed by atoms with Gasteiger partial charge in [-0.15, -0.1) is 0 Å². The molecule has 4 rings (SSSR count). The van der Waals surface area contributed by atoms with Crippen molar-refractivity contribution in [2.75, 3.05) is 49.7 Å². The van der Waals surface area contributed by atoms with E-state index in [1.54, 1.807) is 25.1 Å². The lowest BCUT2D eigenvalue weighted by Crippen LogP contribution is -2.60.